The Morgan fingerprint density at radius 2 is 1.89 bits per heavy atom. The van der Waals surface area contributed by atoms with Crippen LogP contribution in [0.2, 0.25) is 10.0 Å². The molecule has 2 rings (SSSR count). The molecule has 138 valence electrons. The number of nitriles is 1. The molecule has 0 atom stereocenters. The van der Waals surface area contributed by atoms with E-state index in [4.69, 9.17) is 23.2 Å². The predicted octanol–water partition coefficient (Wildman–Crippen LogP) is 3.92. The van der Waals surface area contributed by atoms with Gasteiger partial charge >= 0.3 is 5.97 Å². The van der Waals surface area contributed by atoms with Gasteiger partial charge in [0.2, 0.25) is 0 Å². The van der Waals surface area contributed by atoms with Gasteiger partial charge in [0.05, 0.1) is 23.4 Å². The number of hydrogen-bond acceptors (Lipinski definition) is 5. The minimum atomic E-state index is -0.616. The maximum atomic E-state index is 12.2. The quantitative estimate of drug-likeness (QED) is 0.433. The van der Waals surface area contributed by atoms with Gasteiger partial charge in [0.1, 0.15) is 11.6 Å². The Labute approximate surface area is 166 Å². The summed E-state index contributed by atoms with van der Waals surface area (Å²) in [5, 5.41) is 15.3. The lowest BCUT2D eigenvalue weighted by Crippen LogP contribution is -2.17. The number of benzene rings is 2. The summed E-state index contributed by atoms with van der Waals surface area (Å²) < 4.78 is 4.63. The van der Waals surface area contributed by atoms with Crippen molar-refractivity contribution >= 4 is 40.8 Å². The highest BCUT2D eigenvalue weighted by Gasteiger charge is 2.11. The molecule has 0 saturated heterocycles. The molecule has 0 heterocycles. The van der Waals surface area contributed by atoms with Crippen LogP contribution < -0.4 is 10.6 Å². The fourth-order valence-electron chi connectivity index (χ4n) is 2.08. The highest BCUT2D eigenvalue weighted by Crippen LogP contribution is 2.25. The van der Waals surface area contributed by atoms with Crippen molar-refractivity contribution in [3.63, 3.8) is 0 Å². The third kappa shape index (κ3) is 5.74. The van der Waals surface area contributed by atoms with Gasteiger partial charge in [-0.2, -0.15) is 5.26 Å². The zero-order chi connectivity index (χ0) is 19.8. The SMILES string of the molecule is COC(=O)c1ccc(CN/C=C(/C#N)C(=O)Nc2cc(Cl)ccc2Cl)cc1. The summed E-state index contributed by atoms with van der Waals surface area (Å²) >= 11 is 11.9. The number of halogens is 2. The van der Waals surface area contributed by atoms with Crippen molar-refractivity contribution in [2.75, 3.05) is 12.4 Å². The van der Waals surface area contributed by atoms with Gasteiger partial charge in [0.15, 0.2) is 0 Å². The van der Waals surface area contributed by atoms with Crippen LogP contribution in [0, 0.1) is 11.3 Å². The Hall–Kier alpha value is -3.01. The van der Waals surface area contributed by atoms with Gasteiger partial charge in [0.25, 0.3) is 5.91 Å². The first-order valence-corrected chi connectivity index (χ1v) is 8.47. The smallest absolute Gasteiger partial charge is 0.337 e. The van der Waals surface area contributed by atoms with Gasteiger partial charge in [-0.05, 0) is 35.9 Å². The molecule has 1 amide bonds. The summed E-state index contributed by atoms with van der Waals surface area (Å²) in [7, 11) is 1.31. The molecule has 0 spiro atoms. The molecule has 8 heteroatoms. The fraction of sp³-hybridized carbons (Fsp3) is 0.105. The Morgan fingerprint density at radius 3 is 2.52 bits per heavy atom. The van der Waals surface area contributed by atoms with Gasteiger partial charge in [-0.15, -0.1) is 0 Å². The van der Waals surface area contributed by atoms with Crippen LogP contribution >= 0.6 is 23.2 Å². The molecule has 2 aromatic carbocycles. The largest absolute Gasteiger partial charge is 0.465 e. The Kier molecular flexibility index (Phi) is 7.24. The van der Waals surface area contributed by atoms with E-state index < -0.39 is 11.9 Å². The Morgan fingerprint density at radius 1 is 1.19 bits per heavy atom. The average Bonchev–Trinajstić information content (AvgIpc) is 2.67. The first-order chi connectivity index (χ1) is 12.9. The van der Waals surface area contributed by atoms with Gasteiger partial charge in [-0.25, -0.2) is 4.79 Å². The van der Waals surface area contributed by atoms with E-state index >= 15 is 0 Å². The Bertz CT molecular complexity index is 919. The van der Waals surface area contributed by atoms with E-state index in [1.165, 1.54) is 19.4 Å². The van der Waals surface area contributed by atoms with Crippen LogP contribution in [0.15, 0.2) is 54.2 Å². The number of esters is 1. The summed E-state index contributed by atoms with van der Waals surface area (Å²) in [5.74, 6) is -1.03. The molecule has 0 unspecified atom stereocenters. The average molecular weight is 404 g/mol. The zero-order valence-corrected chi connectivity index (χ0v) is 15.8. The number of rotatable bonds is 6. The maximum Gasteiger partial charge on any atom is 0.337 e. The molecule has 2 N–H and O–H groups in total. The number of methoxy groups -OCH3 is 1. The third-order valence-electron chi connectivity index (χ3n) is 3.47. The second-order valence-corrected chi connectivity index (χ2v) is 6.16. The van der Waals surface area contributed by atoms with E-state index in [-0.39, 0.29) is 5.57 Å². The van der Waals surface area contributed by atoms with Gasteiger partial charge < -0.3 is 15.4 Å². The maximum absolute atomic E-state index is 12.2. The van der Waals surface area contributed by atoms with Crippen LogP contribution in [0.1, 0.15) is 15.9 Å². The molecular formula is C19H15Cl2N3O3. The van der Waals surface area contributed by atoms with Crippen LogP contribution in [0.3, 0.4) is 0 Å². The lowest BCUT2D eigenvalue weighted by Gasteiger charge is -2.08. The number of carbonyl (C=O) groups is 2. The summed E-state index contributed by atoms with van der Waals surface area (Å²) in [6.07, 6.45) is 1.31. The van der Waals surface area contributed by atoms with Crippen LogP contribution in [-0.2, 0) is 16.1 Å². The lowest BCUT2D eigenvalue weighted by atomic mass is 10.1. The van der Waals surface area contributed by atoms with Crippen molar-refractivity contribution in [1.82, 2.24) is 5.32 Å². The molecule has 0 saturated carbocycles. The minimum absolute atomic E-state index is 0.128. The topological polar surface area (TPSA) is 91.2 Å². The molecule has 0 aromatic heterocycles. The molecule has 0 aliphatic rings. The van der Waals surface area contributed by atoms with Crippen LogP contribution in [0.25, 0.3) is 0 Å². The number of nitrogens with one attached hydrogen (secondary N) is 2. The van der Waals surface area contributed by atoms with Crippen molar-refractivity contribution in [3.8, 4) is 6.07 Å². The Balaban J connectivity index is 1.99. The van der Waals surface area contributed by atoms with E-state index in [0.717, 1.165) is 5.56 Å². The number of nitrogens with zero attached hydrogens (tertiary/aromatic N) is 1. The summed E-state index contributed by atoms with van der Waals surface area (Å²) in [5.41, 5.74) is 1.48. The molecular weight excluding hydrogens is 389 g/mol. The molecule has 0 radical (unpaired) electrons. The second-order valence-electron chi connectivity index (χ2n) is 5.32. The number of ether oxygens (including phenoxy) is 1. The highest BCUT2D eigenvalue weighted by atomic mass is 35.5. The highest BCUT2D eigenvalue weighted by molar-refractivity contribution is 6.35. The van der Waals surface area contributed by atoms with Crippen LogP contribution in [0.5, 0.6) is 0 Å². The van der Waals surface area contributed by atoms with E-state index in [2.05, 4.69) is 15.4 Å². The predicted molar refractivity (Wildman–Crippen MR) is 103 cm³/mol. The van der Waals surface area contributed by atoms with Gasteiger partial charge in [-0.1, -0.05) is 35.3 Å². The standard InChI is InChI=1S/C19H15Cl2N3O3/c1-27-19(26)13-4-2-12(3-5-13)10-23-11-14(9-22)18(25)24-17-8-15(20)6-7-16(17)21/h2-8,11,23H,10H2,1H3,(H,24,25)/b14-11-. The molecule has 2 aromatic rings. The monoisotopic (exact) mass is 403 g/mol. The van der Waals surface area contributed by atoms with E-state index in [1.807, 2.05) is 6.07 Å². The van der Waals surface area contributed by atoms with Crippen molar-refractivity contribution in [1.29, 1.82) is 5.26 Å². The summed E-state index contributed by atoms with van der Waals surface area (Å²) in [6, 6.07) is 13.2. The first kappa shape index (κ1) is 20.3. The normalized spacial score (nSPS) is 10.7. The van der Waals surface area contributed by atoms with E-state index in [9.17, 15) is 14.9 Å². The number of carbonyl (C=O) groups excluding carboxylic acids is 2. The molecule has 0 aliphatic carbocycles. The third-order valence-corrected chi connectivity index (χ3v) is 4.03. The number of amides is 1. The fourth-order valence-corrected chi connectivity index (χ4v) is 2.42. The number of anilines is 1. The van der Waals surface area contributed by atoms with Gasteiger partial charge in [-0.3, -0.25) is 4.79 Å². The van der Waals surface area contributed by atoms with Crippen LogP contribution in [0.4, 0.5) is 5.69 Å². The van der Waals surface area contributed by atoms with Crippen LogP contribution in [-0.4, -0.2) is 19.0 Å². The summed E-state index contributed by atoms with van der Waals surface area (Å²) in [6.45, 7) is 0.359. The second kappa shape index (κ2) is 9.62. The minimum Gasteiger partial charge on any atom is -0.465 e. The van der Waals surface area contributed by atoms with E-state index in [1.54, 1.807) is 36.4 Å². The van der Waals surface area contributed by atoms with Gasteiger partial charge in [0, 0.05) is 17.8 Å². The van der Waals surface area contributed by atoms with E-state index in [0.29, 0.717) is 27.8 Å². The van der Waals surface area contributed by atoms with Crippen molar-refractivity contribution in [2.45, 2.75) is 6.54 Å². The van der Waals surface area contributed by atoms with Crippen molar-refractivity contribution < 1.29 is 14.3 Å². The molecule has 0 bridgehead atoms. The molecule has 6 nitrogen and oxygen atoms in total. The van der Waals surface area contributed by atoms with Crippen molar-refractivity contribution in [3.05, 3.63) is 75.4 Å². The number of hydrogen-bond donors (Lipinski definition) is 2. The molecule has 27 heavy (non-hydrogen) atoms. The van der Waals surface area contributed by atoms with Crippen molar-refractivity contribution in [2.24, 2.45) is 0 Å². The summed E-state index contributed by atoms with van der Waals surface area (Å²) in [4.78, 5) is 23.6. The lowest BCUT2D eigenvalue weighted by molar-refractivity contribution is -0.112. The zero-order valence-electron chi connectivity index (χ0n) is 14.3. The molecule has 0 aliphatic heterocycles. The first-order valence-electron chi connectivity index (χ1n) is 7.72. The molecule has 0 fully saturated rings.